The van der Waals surface area contributed by atoms with Crippen molar-refractivity contribution in [3.63, 3.8) is 0 Å². The van der Waals surface area contributed by atoms with Gasteiger partial charge in [-0.2, -0.15) is 9.40 Å². The molecule has 0 saturated carbocycles. The van der Waals surface area contributed by atoms with Crippen LogP contribution in [0, 0.1) is 18.2 Å². The van der Waals surface area contributed by atoms with Crippen molar-refractivity contribution < 1.29 is 22.1 Å². The Balaban J connectivity index is 1.58. The van der Waals surface area contributed by atoms with Crippen molar-refractivity contribution in [1.82, 2.24) is 19.2 Å². The number of nitrogens with zero attached hydrogens (tertiary/aromatic N) is 4. The molecule has 1 unspecified atom stereocenters. The lowest BCUT2D eigenvalue weighted by Crippen LogP contribution is -2.42. The van der Waals surface area contributed by atoms with Crippen molar-refractivity contribution in [3.05, 3.63) is 53.8 Å². The predicted octanol–water partition coefficient (Wildman–Crippen LogP) is 1.63. The number of hydrogen-bond acceptors (Lipinski definition) is 6. The molecule has 4 rings (SSSR count). The largest absolute Gasteiger partial charge is 0.369 e. The fraction of sp³-hybridized carbons (Fsp3) is 0.350. The first kappa shape index (κ1) is 21.2. The number of carbonyl (C=O) groups excluding carboxylic acids is 1. The number of nitrogens with two attached hydrogens (primary N) is 1. The van der Waals surface area contributed by atoms with Gasteiger partial charge in [-0.15, -0.1) is 0 Å². The van der Waals surface area contributed by atoms with Crippen molar-refractivity contribution in [3.8, 4) is 11.3 Å². The smallest absolute Gasteiger partial charge is 0.246 e. The van der Waals surface area contributed by atoms with Gasteiger partial charge in [-0.1, -0.05) is 5.16 Å². The van der Waals surface area contributed by atoms with Gasteiger partial charge in [0.2, 0.25) is 15.9 Å². The molecule has 31 heavy (non-hydrogen) atoms. The Labute approximate surface area is 178 Å². The third-order valence-electron chi connectivity index (χ3n) is 5.86. The summed E-state index contributed by atoms with van der Waals surface area (Å²) in [7, 11) is -2.17. The molecule has 2 N–H and O–H groups in total. The van der Waals surface area contributed by atoms with Gasteiger partial charge >= 0.3 is 0 Å². The van der Waals surface area contributed by atoms with Gasteiger partial charge in [-0.25, -0.2) is 12.8 Å². The second-order valence-electron chi connectivity index (χ2n) is 7.81. The van der Waals surface area contributed by atoms with Gasteiger partial charge in [0.15, 0.2) is 0 Å². The Kier molecular flexibility index (Phi) is 5.18. The molecule has 0 bridgehead atoms. The number of halogens is 1. The quantitative estimate of drug-likeness (QED) is 0.612. The maximum atomic E-state index is 13.1. The summed E-state index contributed by atoms with van der Waals surface area (Å²) in [4.78, 5) is 12.5. The number of aryl methyl sites for hydroxylation is 1. The van der Waals surface area contributed by atoms with Crippen LogP contribution in [-0.2, 0) is 28.3 Å². The van der Waals surface area contributed by atoms with E-state index in [1.54, 1.807) is 32.2 Å². The van der Waals surface area contributed by atoms with Gasteiger partial charge in [-0.3, -0.25) is 9.48 Å². The number of benzene rings is 1. The van der Waals surface area contributed by atoms with Gasteiger partial charge in [0.1, 0.15) is 22.2 Å². The van der Waals surface area contributed by atoms with Gasteiger partial charge in [0.05, 0.1) is 17.3 Å². The lowest BCUT2D eigenvalue weighted by Gasteiger charge is -2.24. The lowest BCUT2D eigenvalue weighted by atomic mass is 9.82. The topological polar surface area (TPSA) is 124 Å². The van der Waals surface area contributed by atoms with Crippen LogP contribution in [0.25, 0.3) is 11.3 Å². The van der Waals surface area contributed by atoms with Gasteiger partial charge < -0.3 is 10.3 Å². The highest BCUT2D eigenvalue weighted by Crippen LogP contribution is 2.38. The van der Waals surface area contributed by atoms with E-state index >= 15 is 0 Å². The third-order valence-corrected chi connectivity index (χ3v) is 7.81. The maximum absolute atomic E-state index is 13.1. The summed E-state index contributed by atoms with van der Waals surface area (Å²) < 4.78 is 47.5. The highest BCUT2D eigenvalue weighted by Gasteiger charge is 2.48. The lowest BCUT2D eigenvalue weighted by molar-refractivity contribution is -0.127. The summed E-state index contributed by atoms with van der Waals surface area (Å²) in [5, 5.41) is 7.99. The van der Waals surface area contributed by atoms with E-state index < -0.39 is 21.3 Å². The molecule has 164 valence electrons. The van der Waals surface area contributed by atoms with E-state index in [0.717, 1.165) is 0 Å². The minimum Gasteiger partial charge on any atom is -0.369 e. The Bertz CT molecular complexity index is 1230. The van der Waals surface area contributed by atoms with Crippen molar-refractivity contribution in [2.45, 2.75) is 24.7 Å². The number of primary amides is 1. The molecule has 1 saturated heterocycles. The molecule has 0 radical (unpaired) electrons. The monoisotopic (exact) mass is 447 g/mol. The van der Waals surface area contributed by atoms with Crippen LogP contribution in [0.3, 0.4) is 0 Å². The van der Waals surface area contributed by atoms with Crippen LogP contribution in [0.4, 0.5) is 4.39 Å². The Morgan fingerprint density at radius 1 is 1.32 bits per heavy atom. The van der Waals surface area contributed by atoms with Crippen LogP contribution in [0.5, 0.6) is 0 Å². The standard InChI is InChI=1S/C20H22FN5O4S/c1-13-18(11-23-25(13)2)31(28,29)26-8-7-20(12-26,19(22)27)10-16-9-17(24-30-16)14-3-5-15(21)6-4-14/h3-6,9,11H,7-8,10,12H2,1-2H3,(H2,22,27). The summed E-state index contributed by atoms with van der Waals surface area (Å²) in [5.41, 5.74) is 6.25. The van der Waals surface area contributed by atoms with E-state index in [1.165, 1.54) is 27.3 Å². The zero-order chi connectivity index (χ0) is 22.4. The Hall–Kier alpha value is -3.05. The van der Waals surface area contributed by atoms with Crippen LogP contribution in [-0.4, -0.2) is 46.7 Å². The van der Waals surface area contributed by atoms with E-state index in [1.807, 2.05) is 0 Å². The zero-order valence-electron chi connectivity index (χ0n) is 17.1. The molecule has 3 aromatic rings. The number of carbonyl (C=O) groups is 1. The van der Waals surface area contributed by atoms with Gasteiger partial charge in [0.25, 0.3) is 0 Å². The summed E-state index contributed by atoms with van der Waals surface area (Å²) in [5.74, 6) is -0.570. The summed E-state index contributed by atoms with van der Waals surface area (Å²) in [6.45, 7) is 1.76. The fourth-order valence-electron chi connectivity index (χ4n) is 3.83. The highest BCUT2D eigenvalue weighted by atomic mass is 32.2. The van der Waals surface area contributed by atoms with E-state index in [-0.39, 0.29) is 36.6 Å². The van der Waals surface area contributed by atoms with Gasteiger partial charge in [-0.05, 0) is 37.6 Å². The SMILES string of the molecule is Cc1c(S(=O)(=O)N2CCC(Cc3cc(-c4ccc(F)cc4)no3)(C(N)=O)C2)cnn1C. The number of rotatable bonds is 6. The van der Waals surface area contributed by atoms with Crippen LogP contribution in [0.1, 0.15) is 17.9 Å². The van der Waals surface area contributed by atoms with Crippen molar-refractivity contribution in [2.24, 2.45) is 18.2 Å². The molecule has 1 aliphatic rings. The average molecular weight is 447 g/mol. The molecule has 0 aliphatic carbocycles. The van der Waals surface area contributed by atoms with Crippen LogP contribution in [0.15, 0.2) is 45.9 Å². The van der Waals surface area contributed by atoms with Crippen LogP contribution < -0.4 is 5.73 Å². The molecule has 3 heterocycles. The van der Waals surface area contributed by atoms with Crippen molar-refractivity contribution in [2.75, 3.05) is 13.1 Å². The number of amides is 1. The Morgan fingerprint density at radius 2 is 2.03 bits per heavy atom. The summed E-state index contributed by atoms with van der Waals surface area (Å²) >= 11 is 0. The minimum atomic E-state index is -3.83. The second-order valence-corrected chi connectivity index (χ2v) is 9.72. The number of sulfonamides is 1. The number of aromatic nitrogens is 3. The van der Waals surface area contributed by atoms with E-state index in [2.05, 4.69) is 10.3 Å². The summed E-state index contributed by atoms with van der Waals surface area (Å²) in [6.07, 6.45) is 1.67. The molecule has 2 aromatic heterocycles. The average Bonchev–Trinajstić information content (AvgIpc) is 3.44. The first-order chi connectivity index (χ1) is 14.6. The first-order valence-electron chi connectivity index (χ1n) is 9.63. The maximum Gasteiger partial charge on any atom is 0.246 e. The molecule has 1 fully saturated rings. The normalized spacial score (nSPS) is 19.7. The van der Waals surface area contributed by atoms with E-state index in [0.29, 0.717) is 22.7 Å². The molecular formula is C20H22FN5O4S. The van der Waals surface area contributed by atoms with Crippen molar-refractivity contribution >= 4 is 15.9 Å². The van der Waals surface area contributed by atoms with Gasteiger partial charge in [0, 0.05) is 38.2 Å². The minimum absolute atomic E-state index is 0.0639. The molecular weight excluding hydrogens is 425 g/mol. The van der Waals surface area contributed by atoms with E-state index in [4.69, 9.17) is 10.3 Å². The van der Waals surface area contributed by atoms with Crippen LogP contribution >= 0.6 is 0 Å². The summed E-state index contributed by atoms with van der Waals surface area (Å²) in [6, 6.07) is 7.42. The first-order valence-corrected chi connectivity index (χ1v) is 11.1. The predicted molar refractivity (Wildman–Crippen MR) is 109 cm³/mol. The van der Waals surface area contributed by atoms with Crippen molar-refractivity contribution in [1.29, 1.82) is 0 Å². The van der Waals surface area contributed by atoms with Crippen LogP contribution in [0.2, 0.25) is 0 Å². The fourth-order valence-corrected chi connectivity index (χ4v) is 5.54. The van der Waals surface area contributed by atoms with E-state index in [9.17, 15) is 17.6 Å². The third kappa shape index (κ3) is 3.74. The molecule has 11 heteroatoms. The molecule has 1 aliphatic heterocycles. The molecule has 0 spiro atoms. The highest BCUT2D eigenvalue weighted by molar-refractivity contribution is 7.89. The molecule has 1 amide bonds. The zero-order valence-corrected chi connectivity index (χ0v) is 17.9. The molecule has 1 aromatic carbocycles. The Morgan fingerprint density at radius 3 is 2.65 bits per heavy atom. The second kappa shape index (κ2) is 7.57. The molecule has 9 nitrogen and oxygen atoms in total. The number of hydrogen-bond donors (Lipinski definition) is 1. The molecule has 1 atom stereocenters.